The van der Waals surface area contributed by atoms with E-state index in [4.69, 9.17) is 17.4 Å². The molecule has 0 unspecified atom stereocenters. The third-order valence-electron chi connectivity index (χ3n) is 0.838. The van der Waals surface area contributed by atoms with Crippen LogP contribution in [-0.2, 0) is 0 Å². The normalized spacial score (nSPS) is 9.82. The number of hydrogen-bond donors (Lipinski definition) is 2. The lowest BCUT2D eigenvalue weighted by Crippen LogP contribution is -2.18. The highest BCUT2D eigenvalue weighted by Crippen LogP contribution is 2.10. The van der Waals surface area contributed by atoms with Crippen molar-refractivity contribution < 1.29 is 0 Å². The van der Waals surface area contributed by atoms with Crippen LogP contribution in [0, 0.1) is 0 Å². The van der Waals surface area contributed by atoms with Crippen LogP contribution in [0.5, 0.6) is 0 Å². The predicted molar refractivity (Wildman–Crippen MR) is 45.5 cm³/mol. The van der Waals surface area contributed by atoms with Gasteiger partial charge in [-0.3, -0.25) is 0 Å². The van der Waals surface area contributed by atoms with Crippen LogP contribution in [-0.4, -0.2) is 0 Å². The summed E-state index contributed by atoms with van der Waals surface area (Å²) in [4.78, 5) is 0. The van der Waals surface area contributed by atoms with Crippen LogP contribution in [0.1, 0.15) is 13.8 Å². The van der Waals surface area contributed by atoms with Crippen molar-refractivity contribution in [3.05, 3.63) is 23.1 Å². The third kappa shape index (κ3) is 4.52. The van der Waals surface area contributed by atoms with Gasteiger partial charge in [0.1, 0.15) is 5.16 Å². The molecule has 0 saturated carbocycles. The second kappa shape index (κ2) is 4.87. The predicted octanol–water partition coefficient (Wildman–Crippen LogP) is 1.86. The van der Waals surface area contributed by atoms with E-state index in [1.54, 1.807) is 0 Å². The highest BCUT2D eigenvalue weighted by atomic mass is 35.5. The topological polar surface area (TPSA) is 62.8 Å². The summed E-state index contributed by atoms with van der Waals surface area (Å²) in [5, 5.41) is 7.54. The molecule has 0 atom stereocenters. The molecule has 3 N–H and O–H groups in total. The molecule has 0 amide bonds. The first kappa shape index (κ1) is 10.1. The zero-order valence-electron chi connectivity index (χ0n) is 6.56. The number of hydrogen-bond acceptors (Lipinski definition) is 4. The van der Waals surface area contributed by atoms with Crippen LogP contribution in [0.15, 0.2) is 33.4 Å². The van der Waals surface area contributed by atoms with E-state index >= 15 is 0 Å². The number of rotatable bonds is 3. The fraction of sp³-hybridized carbons (Fsp3) is 0.333. The smallest absolute Gasteiger partial charge is 0.155 e. The van der Waals surface area contributed by atoms with Crippen molar-refractivity contribution in [1.82, 2.24) is 5.43 Å². The molecular weight excluding hydrogens is 164 g/mol. The van der Waals surface area contributed by atoms with Gasteiger partial charge in [-0.2, -0.15) is 0 Å². The number of nitrogens with two attached hydrogens (primary N) is 1. The minimum atomic E-state index is 0.268. The van der Waals surface area contributed by atoms with Crippen LogP contribution >= 0.6 is 11.6 Å². The number of nitrogens with one attached hydrogen (secondary N) is 1. The van der Waals surface area contributed by atoms with E-state index in [2.05, 4.69) is 22.2 Å². The Morgan fingerprint density at radius 2 is 2.00 bits per heavy atom. The molecule has 0 aliphatic carbocycles. The van der Waals surface area contributed by atoms with E-state index in [9.17, 15) is 0 Å². The standard InChI is InChI=1S/C6H11ClN4/c1-4(2)6(7)11-10-5(3)9-8/h9H,3,8H2,1-2H3. The number of hydrazine groups is 1. The Kier molecular flexibility index (Phi) is 4.49. The highest BCUT2D eigenvalue weighted by Gasteiger charge is 1.90. The third-order valence-corrected chi connectivity index (χ3v) is 1.29. The van der Waals surface area contributed by atoms with E-state index in [0.29, 0.717) is 5.16 Å². The first-order valence-corrected chi connectivity index (χ1v) is 3.36. The monoisotopic (exact) mass is 174 g/mol. The molecule has 11 heavy (non-hydrogen) atoms. The van der Waals surface area contributed by atoms with Crippen molar-refractivity contribution in [2.75, 3.05) is 0 Å². The van der Waals surface area contributed by atoms with Gasteiger partial charge < -0.3 is 5.43 Å². The molecule has 0 aliphatic rings. The SMILES string of the molecule is C=C(N=NC(Cl)=C(C)C)NN. The van der Waals surface area contributed by atoms with Crippen molar-refractivity contribution >= 4 is 11.6 Å². The van der Waals surface area contributed by atoms with Gasteiger partial charge in [0.25, 0.3) is 0 Å². The molecule has 0 aromatic heterocycles. The Morgan fingerprint density at radius 3 is 2.36 bits per heavy atom. The first-order chi connectivity index (χ1) is 5.07. The van der Waals surface area contributed by atoms with Gasteiger partial charge in [-0.15, -0.1) is 10.2 Å². The zero-order chi connectivity index (χ0) is 8.85. The van der Waals surface area contributed by atoms with E-state index < -0.39 is 0 Å². The van der Waals surface area contributed by atoms with Crippen LogP contribution in [0.4, 0.5) is 0 Å². The maximum absolute atomic E-state index is 5.63. The number of allylic oxidation sites excluding steroid dienone is 1. The quantitative estimate of drug-likeness (QED) is 0.297. The van der Waals surface area contributed by atoms with Gasteiger partial charge >= 0.3 is 0 Å². The summed E-state index contributed by atoms with van der Waals surface area (Å²) < 4.78 is 0. The van der Waals surface area contributed by atoms with E-state index in [1.165, 1.54) is 0 Å². The Labute approximate surface area is 70.8 Å². The van der Waals surface area contributed by atoms with E-state index in [1.807, 2.05) is 13.8 Å². The molecule has 0 aliphatic heterocycles. The molecule has 0 rings (SSSR count). The maximum Gasteiger partial charge on any atom is 0.155 e. The van der Waals surface area contributed by atoms with Gasteiger partial charge in [-0.1, -0.05) is 18.2 Å². The molecule has 4 nitrogen and oxygen atoms in total. The number of halogens is 1. The highest BCUT2D eigenvalue weighted by molar-refractivity contribution is 6.29. The van der Waals surface area contributed by atoms with Crippen molar-refractivity contribution in [2.45, 2.75) is 13.8 Å². The van der Waals surface area contributed by atoms with Crippen LogP contribution in [0.3, 0.4) is 0 Å². The summed E-state index contributed by atoms with van der Waals surface area (Å²) in [7, 11) is 0. The van der Waals surface area contributed by atoms with Gasteiger partial charge in [-0.05, 0) is 19.4 Å². The van der Waals surface area contributed by atoms with Gasteiger partial charge in [0.15, 0.2) is 5.82 Å². The average molecular weight is 175 g/mol. The fourth-order valence-electron chi connectivity index (χ4n) is 0.233. The summed E-state index contributed by atoms with van der Waals surface area (Å²) >= 11 is 5.63. The molecule has 0 spiro atoms. The Morgan fingerprint density at radius 1 is 1.45 bits per heavy atom. The van der Waals surface area contributed by atoms with Crippen molar-refractivity contribution in [3.63, 3.8) is 0 Å². The summed E-state index contributed by atoms with van der Waals surface area (Å²) in [6, 6.07) is 0. The second-order valence-corrected chi connectivity index (χ2v) is 2.44. The minimum Gasteiger partial charge on any atom is -0.307 e. The first-order valence-electron chi connectivity index (χ1n) is 2.98. The lowest BCUT2D eigenvalue weighted by atomic mass is 10.4. The van der Waals surface area contributed by atoms with Crippen molar-refractivity contribution in [2.24, 2.45) is 16.1 Å². The van der Waals surface area contributed by atoms with Crippen LogP contribution in [0.2, 0.25) is 0 Å². The second-order valence-electron chi connectivity index (χ2n) is 2.08. The van der Waals surface area contributed by atoms with Gasteiger partial charge in [-0.25, -0.2) is 5.84 Å². The molecule has 62 valence electrons. The molecular formula is C6H11ClN4. The number of nitrogens with zero attached hydrogens (tertiary/aromatic N) is 2. The number of azo groups is 1. The minimum absolute atomic E-state index is 0.268. The maximum atomic E-state index is 5.63. The van der Waals surface area contributed by atoms with Gasteiger partial charge in [0, 0.05) is 0 Å². The molecule has 0 radical (unpaired) electrons. The fourth-order valence-corrected chi connectivity index (χ4v) is 0.271. The van der Waals surface area contributed by atoms with Crippen molar-refractivity contribution in [3.8, 4) is 0 Å². The van der Waals surface area contributed by atoms with E-state index in [-0.39, 0.29) is 5.82 Å². The zero-order valence-corrected chi connectivity index (χ0v) is 7.31. The van der Waals surface area contributed by atoms with Crippen molar-refractivity contribution in [1.29, 1.82) is 0 Å². The van der Waals surface area contributed by atoms with Crippen LogP contribution in [0.25, 0.3) is 0 Å². The summed E-state index contributed by atoms with van der Waals surface area (Å²) in [6.45, 7) is 7.09. The molecule has 0 heterocycles. The average Bonchev–Trinajstić information content (AvgIpc) is 1.99. The Bertz CT molecular complexity index is 203. The van der Waals surface area contributed by atoms with E-state index in [0.717, 1.165) is 5.57 Å². The largest absolute Gasteiger partial charge is 0.307 e. The molecule has 0 saturated heterocycles. The Balaban J connectivity index is 4.15. The molecule has 5 heteroatoms. The molecule has 0 aromatic carbocycles. The Hall–Kier alpha value is -0.870. The molecule has 0 aromatic rings. The lowest BCUT2D eigenvalue weighted by Gasteiger charge is -1.94. The van der Waals surface area contributed by atoms with Gasteiger partial charge in [0.05, 0.1) is 0 Å². The summed E-state index contributed by atoms with van der Waals surface area (Å²) in [5.74, 6) is 5.24. The summed E-state index contributed by atoms with van der Waals surface area (Å²) in [6.07, 6.45) is 0. The summed E-state index contributed by atoms with van der Waals surface area (Å²) in [5.41, 5.74) is 3.11. The van der Waals surface area contributed by atoms with Gasteiger partial charge in [0.2, 0.25) is 0 Å². The molecule has 0 bridgehead atoms. The lowest BCUT2D eigenvalue weighted by molar-refractivity contribution is 0.844. The van der Waals surface area contributed by atoms with Crippen LogP contribution < -0.4 is 11.3 Å². The molecule has 0 fully saturated rings.